The highest BCUT2D eigenvalue weighted by Crippen LogP contribution is 2.22. The molecule has 0 aliphatic rings. The lowest BCUT2D eigenvalue weighted by molar-refractivity contribution is 0.444. The van der Waals surface area contributed by atoms with Gasteiger partial charge < -0.3 is 10.1 Å². The summed E-state index contributed by atoms with van der Waals surface area (Å²) >= 11 is 5.93. The number of nitrogens with one attached hydrogen (secondary N) is 1. The molecule has 0 bridgehead atoms. The van der Waals surface area contributed by atoms with Crippen molar-refractivity contribution in [3.63, 3.8) is 0 Å². The van der Waals surface area contributed by atoms with Gasteiger partial charge in [-0.05, 0) is 18.6 Å². The first-order chi connectivity index (χ1) is 8.13. The summed E-state index contributed by atoms with van der Waals surface area (Å²) in [5.74, 6) is -0.122. The molecule has 2 rings (SSSR count). The fraction of sp³-hybridized carbons (Fsp3) is 0.182. The summed E-state index contributed by atoms with van der Waals surface area (Å²) in [4.78, 5) is 22.1. The van der Waals surface area contributed by atoms with E-state index in [2.05, 4.69) is 15.0 Å². The van der Waals surface area contributed by atoms with Gasteiger partial charge in [-0.2, -0.15) is 4.98 Å². The number of nitrogens with zero attached hydrogens (tertiary/aromatic N) is 2. The molecule has 0 aliphatic carbocycles. The monoisotopic (exact) mass is 251 g/mol. The second kappa shape index (κ2) is 4.55. The number of rotatable bonds is 2. The largest absolute Gasteiger partial charge is 0.493 e. The van der Waals surface area contributed by atoms with E-state index in [1.54, 1.807) is 19.1 Å². The van der Waals surface area contributed by atoms with E-state index in [1.165, 1.54) is 6.20 Å². The summed E-state index contributed by atoms with van der Waals surface area (Å²) in [5, 5.41) is 9.98. The highest BCUT2D eigenvalue weighted by Gasteiger charge is 2.12. The molecule has 0 atom stereocenters. The minimum Gasteiger partial charge on any atom is -0.493 e. The molecule has 88 valence electrons. The summed E-state index contributed by atoms with van der Waals surface area (Å²) in [7, 11) is 0. The summed E-state index contributed by atoms with van der Waals surface area (Å²) in [6.45, 7) is 1.76. The molecule has 2 heterocycles. The number of H-pyrrole nitrogens is 1. The van der Waals surface area contributed by atoms with Crippen LogP contribution in [0.2, 0.25) is 5.02 Å². The van der Waals surface area contributed by atoms with Crippen LogP contribution < -0.4 is 5.56 Å². The molecule has 0 aliphatic heterocycles. The fourth-order valence-electron chi connectivity index (χ4n) is 1.48. The predicted molar refractivity (Wildman–Crippen MR) is 64.1 cm³/mol. The van der Waals surface area contributed by atoms with Crippen molar-refractivity contribution in [3.8, 4) is 17.4 Å². The first kappa shape index (κ1) is 11.6. The molecule has 6 heteroatoms. The van der Waals surface area contributed by atoms with Gasteiger partial charge in [0, 0.05) is 6.20 Å². The van der Waals surface area contributed by atoms with Crippen molar-refractivity contribution in [2.45, 2.75) is 13.3 Å². The number of aromatic amines is 1. The van der Waals surface area contributed by atoms with Gasteiger partial charge in [0.25, 0.3) is 5.56 Å². The molecule has 0 spiro atoms. The Morgan fingerprint density at radius 3 is 2.88 bits per heavy atom. The number of pyridine rings is 1. The van der Waals surface area contributed by atoms with Gasteiger partial charge in [0.15, 0.2) is 5.82 Å². The van der Waals surface area contributed by atoms with Crippen LogP contribution in [0.5, 0.6) is 5.88 Å². The molecule has 0 saturated heterocycles. The molecule has 0 amide bonds. The predicted octanol–water partition coefficient (Wildman–Crippen LogP) is 1.75. The van der Waals surface area contributed by atoms with Crippen LogP contribution in [0.15, 0.2) is 23.1 Å². The number of hydrogen-bond donors (Lipinski definition) is 2. The Labute approximate surface area is 102 Å². The lowest BCUT2D eigenvalue weighted by atomic mass is 10.2. The second-order valence-corrected chi connectivity index (χ2v) is 3.81. The zero-order chi connectivity index (χ0) is 12.4. The highest BCUT2D eigenvalue weighted by molar-refractivity contribution is 6.32. The van der Waals surface area contributed by atoms with Crippen LogP contribution in [0, 0.1) is 0 Å². The quantitative estimate of drug-likeness (QED) is 0.852. The zero-order valence-electron chi connectivity index (χ0n) is 9.07. The standard InChI is InChI=1S/C11H10ClN3O2/c1-2-6-10(16)14-9(15-11(6)17)8-7(12)4-3-5-13-8/h3-5H,2H2,1H3,(H2,14,15,16,17). The first-order valence-corrected chi connectivity index (χ1v) is 5.44. The molecule has 0 unspecified atom stereocenters. The van der Waals surface area contributed by atoms with E-state index in [0.29, 0.717) is 17.1 Å². The van der Waals surface area contributed by atoms with Gasteiger partial charge in [-0.3, -0.25) is 9.78 Å². The van der Waals surface area contributed by atoms with Crippen molar-refractivity contribution >= 4 is 11.6 Å². The smallest absolute Gasteiger partial charge is 0.258 e. The van der Waals surface area contributed by atoms with Crippen molar-refractivity contribution in [2.75, 3.05) is 0 Å². The Hall–Kier alpha value is -1.88. The van der Waals surface area contributed by atoms with E-state index in [0.717, 1.165) is 0 Å². The summed E-state index contributed by atoms with van der Waals surface area (Å²) in [5.41, 5.74) is 0.210. The van der Waals surface area contributed by atoms with Crippen molar-refractivity contribution in [2.24, 2.45) is 0 Å². The van der Waals surface area contributed by atoms with Crippen molar-refractivity contribution < 1.29 is 5.11 Å². The Morgan fingerprint density at radius 2 is 2.29 bits per heavy atom. The van der Waals surface area contributed by atoms with Crippen molar-refractivity contribution in [3.05, 3.63) is 39.3 Å². The van der Waals surface area contributed by atoms with Gasteiger partial charge in [0.2, 0.25) is 5.88 Å². The average Bonchev–Trinajstić information content (AvgIpc) is 2.29. The van der Waals surface area contributed by atoms with Gasteiger partial charge in [-0.25, -0.2) is 0 Å². The molecule has 0 saturated carbocycles. The van der Waals surface area contributed by atoms with E-state index < -0.39 is 0 Å². The third-order valence-electron chi connectivity index (χ3n) is 2.33. The molecule has 0 aromatic carbocycles. The van der Waals surface area contributed by atoms with Crippen LogP contribution in [0.25, 0.3) is 11.5 Å². The highest BCUT2D eigenvalue weighted by atomic mass is 35.5. The minimum atomic E-state index is -0.378. The van der Waals surface area contributed by atoms with Gasteiger partial charge in [0.1, 0.15) is 5.69 Å². The summed E-state index contributed by atoms with van der Waals surface area (Å²) in [6, 6.07) is 3.30. The SMILES string of the molecule is CCc1c(O)nc(-c2ncccc2Cl)[nH]c1=O. The van der Waals surface area contributed by atoms with Gasteiger partial charge in [-0.1, -0.05) is 18.5 Å². The molecule has 5 nitrogen and oxygen atoms in total. The Bertz CT molecular complexity index is 610. The van der Waals surface area contributed by atoms with E-state index >= 15 is 0 Å². The molecule has 0 radical (unpaired) electrons. The molecule has 2 aromatic heterocycles. The lowest BCUT2D eigenvalue weighted by Crippen LogP contribution is -2.14. The van der Waals surface area contributed by atoms with E-state index in [-0.39, 0.29) is 22.8 Å². The Balaban J connectivity index is 2.63. The molecular weight excluding hydrogens is 242 g/mol. The van der Waals surface area contributed by atoms with Crippen molar-refractivity contribution in [1.29, 1.82) is 0 Å². The fourth-order valence-corrected chi connectivity index (χ4v) is 1.69. The van der Waals surface area contributed by atoms with Crippen molar-refractivity contribution in [1.82, 2.24) is 15.0 Å². The maximum atomic E-state index is 11.7. The topological polar surface area (TPSA) is 78.9 Å². The third kappa shape index (κ3) is 2.14. The lowest BCUT2D eigenvalue weighted by Gasteiger charge is -2.04. The van der Waals surface area contributed by atoms with Crippen LogP contribution in [0.4, 0.5) is 0 Å². The normalized spacial score (nSPS) is 10.5. The van der Waals surface area contributed by atoms with Crippen LogP contribution in [-0.2, 0) is 6.42 Å². The van der Waals surface area contributed by atoms with Gasteiger partial charge >= 0.3 is 0 Å². The van der Waals surface area contributed by atoms with Crippen LogP contribution in [0.3, 0.4) is 0 Å². The molecule has 0 fully saturated rings. The van der Waals surface area contributed by atoms with E-state index in [4.69, 9.17) is 11.6 Å². The third-order valence-corrected chi connectivity index (χ3v) is 2.63. The van der Waals surface area contributed by atoms with E-state index in [9.17, 15) is 9.90 Å². The Kier molecular flexibility index (Phi) is 3.10. The maximum absolute atomic E-state index is 11.7. The van der Waals surface area contributed by atoms with E-state index in [1.807, 2.05) is 0 Å². The number of halogens is 1. The van der Waals surface area contributed by atoms with Crippen LogP contribution in [0.1, 0.15) is 12.5 Å². The molecule has 2 N–H and O–H groups in total. The van der Waals surface area contributed by atoms with Gasteiger partial charge in [0.05, 0.1) is 10.6 Å². The summed E-state index contributed by atoms with van der Waals surface area (Å²) in [6.07, 6.45) is 1.94. The average molecular weight is 252 g/mol. The molecule has 2 aromatic rings. The molecular formula is C11H10ClN3O2. The second-order valence-electron chi connectivity index (χ2n) is 3.40. The van der Waals surface area contributed by atoms with Crippen LogP contribution in [-0.4, -0.2) is 20.1 Å². The van der Waals surface area contributed by atoms with Crippen LogP contribution >= 0.6 is 11.6 Å². The number of aromatic hydroxyl groups is 1. The number of aromatic nitrogens is 3. The molecule has 17 heavy (non-hydrogen) atoms. The maximum Gasteiger partial charge on any atom is 0.258 e. The zero-order valence-corrected chi connectivity index (χ0v) is 9.82. The summed E-state index contributed by atoms with van der Waals surface area (Å²) < 4.78 is 0. The first-order valence-electron chi connectivity index (χ1n) is 5.06. The minimum absolute atomic E-state index is 0.162. The van der Waals surface area contributed by atoms with Gasteiger partial charge in [-0.15, -0.1) is 0 Å². The number of hydrogen-bond acceptors (Lipinski definition) is 4. The Morgan fingerprint density at radius 1 is 1.53 bits per heavy atom.